The molecule has 1 aromatic heterocycles. The minimum Gasteiger partial charge on any atom is -0.292 e. The second-order valence-corrected chi connectivity index (χ2v) is 4.73. The molecule has 3 rings (SSSR count). The zero-order valence-electron chi connectivity index (χ0n) is 9.73. The maximum atomic E-state index is 12.4. The zero-order chi connectivity index (χ0) is 11.7. The van der Waals surface area contributed by atoms with Crippen LogP contribution in [0.2, 0.25) is 0 Å². The number of carbonyl (C=O) groups is 1. The first-order chi connectivity index (χ1) is 8.36. The van der Waals surface area contributed by atoms with Crippen LogP contribution >= 0.6 is 0 Å². The lowest BCUT2D eigenvalue weighted by atomic mass is 9.96. The summed E-state index contributed by atoms with van der Waals surface area (Å²) in [4.78, 5) is 16.7. The number of hydrogen-bond donors (Lipinski definition) is 0. The number of hydrogen-bond acceptors (Lipinski definition) is 2. The van der Waals surface area contributed by atoms with Gasteiger partial charge in [0.25, 0.3) is 0 Å². The van der Waals surface area contributed by atoms with E-state index in [9.17, 15) is 4.79 Å². The molecule has 1 heterocycles. The predicted octanol–water partition coefficient (Wildman–Crippen LogP) is 3.61. The van der Waals surface area contributed by atoms with Gasteiger partial charge in [0, 0.05) is 17.5 Å². The third-order valence-corrected chi connectivity index (χ3v) is 3.63. The third kappa shape index (κ3) is 1.84. The van der Waals surface area contributed by atoms with Crippen molar-refractivity contribution in [3.63, 3.8) is 0 Å². The van der Waals surface area contributed by atoms with E-state index in [0.717, 1.165) is 23.6 Å². The van der Waals surface area contributed by atoms with Gasteiger partial charge in [0.2, 0.25) is 0 Å². The van der Waals surface area contributed by atoms with Crippen LogP contribution in [0.1, 0.15) is 36.2 Å². The summed E-state index contributed by atoms with van der Waals surface area (Å²) in [5.74, 6) is 0.438. The smallest absolute Gasteiger partial charge is 0.184 e. The van der Waals surface area contributed by atoms with Gasteiger partial charge in [-0.2, -0.15) is 0 Å². The maximum Gasteiger partial charge on any atom is 0.184 e. The molecule has 1 aliphatic carbocycles. The molecule has 1 aromatic carbocycles. The average Bonchev–Trinajstić information content (AvgIpc) is 2.91. The minimum absolute atomic E-state index is 0.202. The molecule has 0 saturated heterocycles. The summed E-state index contributed by atoms with van der Waals surface area (Å²) in [6, 6.07) is 9.94. The van der Waals surface area contributed by atoms with Crippen molar-refractivity contribution in [2.75, 3.05) is 0 Å². The molecule has 0 radical (unpaired) electrons. The normalized spacial score (nSPS) is 16.5. The number of benzene rings is 1. The Bertz CT molecular complexity index is 550. The summed E-state index contributed by atoms with van der Waals surface area (Å²) >= 11 is 0. The molecular weight excluding hydrogens is 210 g/mol. The molecule has 0 atom stereocenters. The van der Waals surface area contributed by atoms with Crippen LogP contribution in [0.15, 0.2) is 36.5 Å². The van der Waals surface area contributed by atoms with Crippen LogP contribution in [0.4, 0.5) is 0 Å². The van der Waals surface area contributed by atoms with Crippen molar-refractivity contribution in [3.8, 4) is 0 Å². The van der Waals surface area contributed by atoms with Gasteiger partial charge in [-0.1, -0.05) is 37.1 Å². The molecular formula is C15H15NO. The SMILES string of the molecule is O=C(c1nccc2ccccc12)C1CCCC1. The Hall–Kier alpha value is -1.70. The number of carbonyl (C=O) groups excluding carboxylic acids is 1. The van der Waals surface area contributed by atoms with Gasteiger partial charge in [0.1, 0.15) is 5.69 Å². The average molecular weight is 225 g/mol. The van der Waals surface area contributed by atoms with Gasteiger partial charge in [-0.25, -0.2) is 0 Å². The summed E-state index contributed by atoms with van der Waals surface area (Å²) in [5.41, 5.74) is 0.662. The van der Waals surface area contributed by atoms with Crippen LogP contribution < -0.4 is 0 Å². The second kappa shape index (κ2) is 4.28. The molecule has 0 spiro atoms. The Morgan fingerprint density at radius 2 is 1.88 bits per heavy atom. The minimum atomic E-state index is 0.202. The van der Waals surface area contributed by atoms with E-state index in [1.165, 1.54) is 12.8 Å². The van der Waals surface area contributed by atoms with Crippen LogP contribution in [0.25, 0.3) is 10.8 Å². The van der Waals surface area contributed by atoms with Crippen molar-refractivity contribution >= 4 is 16.6 Å². The van der Waals surface area contributed by atoms with E-state index < -0.39 is 0 Å². The van der Waals surface area contributed by atoms with Gasteiger partial charge < -0.3 is 0 Å². The summed E-state index contributed by atoms with van der Waals surface area (Å²) in [6.07, 6.45) is 6.17. The Kier molecular flexibility index (Phi) is 2.63. The van der Waals surface area contributed by atoms with Crippen molar-refractivity contribution < 1.29 is 4.79 Å². The molecule has 0 N–H and O–H groups in total. The molecule has 0 amide bonds. The van der Waals surface area contributed by atoms with Crippen molar-refractivity contribution in [2.45, 2.75) is 25.7 Å². The van der Waals surface area contributed by atoms with Crippen LogP contribution in [0, 0.1) is 5.92 Å². The van der Waals surface area contributed by atoms with Gasteiger partial charge in [-0.05, 0) is 24.3 Å². The summed E-state index contributed by atoms with van der Waals surface area (Å²) < 4.78 is 0. The topological polar surface area (TPSA) is 30.0 Å². The number of ketones is 1. The standard InChI is InChI=1S/C15H15NO/c17-15(12-6-1-2-7-12)14-13-8-4-3-5-11(13)9-10-16-14/h3-5,8-10,12H,1-2,6-7H2. The van der Waals surface area contributed by atoms with Gasteiger partial charge in [-0.3, -0.25) is 9.78 Å². The van der Waals surface area contributed by atoms with Crippen molar-refractivity contribution in [3.05, 3.63) is 42.2 Å². The molecule has 0 unspecified atom stereocenters. The highest BCUT2D eigenvalue weighted by molar-refractivity contribution is 6.07. The lowest BCUT2D eigenvalue weighted by Crippen LogP contribution is -2.13. The van der Waals surface area contributed by atoms with E-state index in [2.05, 4.69) is 4.98 Å². The number of nitrogens with zero attached hydrogens (tertiary/aromatic N) is 1. The Labute approximate surface area is 101 Å². The van der Waals surface area contributed by atoms with Crippen LogP contribution in [-0.2, 0) is 0 Å². The van der Waals surface area contributed by atoms with Crippen molar-refractivity contribution in [1.29, 1.82) is 0 Å². The molecule has 0 aliphatic heterocycles. The fraction of sp³-hybridized carbons (Fsp3) is 0.333. The first kappa shape index (κ1) is 10.5. The van der Waals surface area contributed by atoms with Crippen LogP contribution in [0.5, 0.6) is 0 Å². The fourth-order valence-electron chi connectivity index (χ4n) is 2.70. The number of rotatable bonds is 2. The van der Waals surface area contributed by atoms with E-state index in [4.69, 9.17) is 0 Å². The molecule has 0 bridgehead atoms. The van der Waals surface area contributed by atoms with Crippen LogP contribution in [0.3, 0.4) is 0 Å². The molecule has 1 saturated carbocycles. The molecule has 1 fully saturated rings. The van der Waals surface area contributed by atoms with E-state index >= 15 is 0 Å². The number of fused-ring (bicyclic) bond motifs is 1. The van der Waals surface area contributed by atoms with E-state index in [1.807, 2.05) is 30.3 Å². The molecule has 1 aliphatic rings. The highest BCUT2D eigenvalue weighted by Gasteiger charge is 2.25. The van der Waals surface area contributed by atoms with Gasteiger partial charge in [0.15, 0.2) is 5.78 Å². The molecule has 17 heavy (non-hydrogen) atoms. The molecule has 2 heteroatoms. The first-order valence-electron chi connectivity index (χ1n) is 6.24. The Morgan fingerprint density at radius 3 is 2.71 bits per heavy atom. The number of pyridine rings is 1. The summed E-state index contributed by atoms with van der Waals surface area (Å²) in [5, 5.41) is 2.09. The van der Waals surface area contributed by atoms with E-state index in [1.54, 1.807) is 6.20 Å². The fourth-order valence-corrected chi connectivity index (χ4v) is 2.70. The van der Waals surface area contributed by atoms with E-state index in [-0.39, 0.29) is 11.7 Å². The quantitative estimate of drug-likeness (QED) is 0.731. The lowest BCUT2D eigenvalue weighted by molar-refractivity contribution is 0.0919. The van der Waals surface area contributed by atoms with E-state index in [0.29, 0.717) is 5.69 Å². The third-order valence-electron chi connectivity index (χ3n) is 3.63. The monoisotopic (exact) mass is 225 g/mol. The molecule has 2 nitrogen and oxygen atoms in total. The Balaban J connectivity index is 2.07. The number of aromatic nitrogens is 1. The maximum absolute atomic E-state index is 12.4. The van der Waals surface area contributed by atoms with Crippen molar-refractivity contribution in [2.24, 2.45) is 5.92 Å². The van der Waals surface area contributed by atoms with Crippen molar-refractivity contribution in [1.82, 2.24) is 4.98 Å². The summed E-state index contributed by atoms with van der Waals surface area (Å²) in [7, 11) is 0. The highest BCUT2D eigenvalue weighted by Crippen LogP contribution is 2.29. The lowest BCUT2D eigenvalue weighted by Gasteiger charge is -2.09. The molecule has 2 aromatic rings. The first-order valence-corrected chi connectivity index (χ1v) is 6.24. The van der Waals surface area contributed by atoms with Crippen LogP contribution in [-0.4, -0.2) is 10.8 Å². The predicted molar refractivity (Wildman–Crippen MR) is 68.0 cm³/mol. The van der Waals surface area contributed by atoms with Gasteiger partial charge in [-0.15, -0.1) is 0 Å². The van der Waals surface area contributed by atoms with Gasteiger partial charge >= 0.3 is 0 Å². The summed E-state index contributed by atoms with van der Waals surface area (Å²) in [6.45, 7) is 0. The number of Topliss-reactive ketones (excluding diaryl/α,β-unsaturated/α-hetero) is 1. The zero-order valence-corrected chi connectivity index (χ0v) is 9.73. The van der Waals surface area contributed by atoms with Gasteiger partial charge in [0.05, 0.1) is 0 Å². The Morgan fingerprint density at radius 1 is 1.12 bits per heavy atom. The molecule has 86 valence electrons. The largest absolute Gasteiger partial charge is 0.292 e. The highest BCUT2D eigenvalue weighted by atomic mass is 16.1. The second-order valence-electron chi connectivity index (χ2n) is 4.73.